The largest absolute Gasteiger partial charge is 0.393 e. The van der Waals surface area contributed by atoms with Crippen molar-refractivity contribution in [2.75, 3.05) is 41.8 Å². The average molecular weight is 409 g/mol. The molecular formula is C21H27N7O2. The van der Waals surface area contributed by atoms with Gasteiger partial charge in [0.05, 0.1) is 31.2 Å². The molecule has 1 saturated heterocycles. The minimum absolute atomic E-state index is 0.163. The van der Waals surface area contributed by atoms with E-state index in [1.807, 2.05) is 41.0 Å². The minimum Gasteiger partial charge on any atom is -0.393 e. The number of aliphatic hydroxyl groups excluding tert-OH is 1. The van der Waals surface area contributed by atoms with E-state index in [9.17, 15) is 5.11 Å². The molecule has 0 atom stereocenters. The summed E-state index contributed by atoms with van der Waals surface area (Å²) in [5, 5.41) is 21.2. The first-order valence-electron chi connectivity index (χ1n) is 10.6. The number of fused-ring (bicyclic) bond motifs is 1. The van der Waals surface area contributed by atoms with Crippen LogP contribution in [0.5, 0.6) is 0 Å². The van der Waals surface area contributed by atoms with Gasteiger partial charge in [-0.05, 0) is 49.9 Å². The summed E-state index contributed by atoms with van der Waals surface area (Å²) in [7, 11) is 0. The molecule has 1 saturated carbocycles. The van der Waals surface area contributed by atoms with E-state index in [0.29, 0.717) is 12.0 Å². The number of ether oxygens (including phenoxy) is 1. The zero-order chi connectivity index (χ0) is 20.3. The number of anilines is 4. The number of aromatic nitrogens is 4. The third kappa shape index (κ3) is 4.17. The van der Waals surface area contributed by atoms with Gasteiger partial charge in [0.2, 0.25) is 5.95 Å². The Balaban J connectivity index is 1.29. The van der Waals surface area contributed by atoms with Crippen LogP contribution in [0.15, 0.2) is 36.5 Å². The summed E-state index contributed by atoms with van der Waals surface area (Å²) in [6.07, 6.45) is 5.24. The predicted octanol–water partition coefficient (Wildman–Crippen LogP) is 2.42. The van der Waals surface area contributed by atoms with Crippen molar-refractivity contribution >= 4 is 28.9 Å². The molecule has 3 aromatic rings. The number of morpholine rings is 1. The van der Waals surface area contributed by atoms with Gasteiger partial charge < -0.3 is 25.4 Å². The number of nitrogens with zero attached hydrogens (tertiary/aromatic N) is 5. The van der Waals surface area contributed by atoms with Gasteiger partial charge in [-0.2, -0.15) is 9.50 Å². The molecular weight excluding hydrogens is 382 g/mol. The predicted molar refractivity (Wildman–Crippen MR) is 115 cm³/mol. The van der Waals surface area contributed by atoms with Gasteiger partial charge in [-0.1, -0.05) is 6.07 Å². The lowest BCUT2D eigenvalue weighted by atomic mass is 9.93. The van der Waals surface area contributed by atoms with E-state index in [-0.39, 0.29) is 6.10 Å². The molecule has 0 bridgehead atoms. The molecule has 0 amide bonds. The van der Waals surface area contributed by atoms with Gasteiger partial charge in [-0.15, -0.1) is 5.10 Å². The molecule has 158 valence electrons. The molecule has 30 heavy (non-hydrogen) atoms. The third-order valence-corrected chi connectivity index (χ3v) is 5.75. The molecule has 3 aromatic heterocycles. The van der Waals surface area contributed by atoms with E-state index in [4.69, 9.17) is 4.74 Å². The molecule has 3 N–H and O–H groups in total. The van der Waals surface area contributed by atoms with Crippen LogP contribution in [0.4, 0.5) is 23.3 Å². The van der Waals surface area contributed by atoms with Gasteiger partial charge in [0.15, 0.2) is 5.65 Å². The van der Waals surface area contributed by atoms with Crippen LogP contribution < -0.4 is 15.5 Å². The molecule has 0 unspecified atom stereocenters. The van der Waals surface area contributed by atoms with E-state index in [2.05, 4.69) is 30.6 Å². The van der Waals surface area contributed by atoms with E-state index in [1.54, 1.807) is 0 Å². The van der Waals surface area contributed by atoms with Crippen LogP contribution in [-0.4, -0.2) is 63.1 Å². The maximum atomic E-state index is 9.72. The molecule has 0 aromatic carbocycles. The fourth-order valence-corrected chi connectivity index (χ4v) is 4.07. The molecule has 4 heterocycles. The van der Waals surface area contributed by atoms with Crippen LogP contribution in [0, 0.1) is 0 Å². The Kier molecular flexibility index (Phi) is 5.37. The molecule has 1 aliphatic heterocycles. The van der Waals surface area contributed by atoms with Crippen LogP contribution in [0.2, 0.25) is 0 Å². The number of pyridine rings is 2. The second-order valence-electron chi connectivity index (χ2n) is 7.90. The lowest BCUT2D eigenvalue weighted by Crippen LogP contribution is -2.36. The Bertz CT molecular complexity index is 977. The summed E-state index contributed by atoms with van der Waals surface area (Å²) in [6.45, 7) is 3.21. The van der Waals surface area contributed by atoms with E-state index >= 15 is 0 Å². The van der Waals surface area contributed by atoms with Gasteiger partial charge in [-0.3, -0.25) is 0 Å². The highest BCUT2D eigenvalue weighted by molar-refractivity contribution is 5.59. The highest BCUT2D eigenvalue weighted by Gasteiger charge is 2.20. The van der Waals surface area contributed by atoms with Crippen LogP contribution >= 0.6 is 0 Å². The first-order valence-corrected chi connectivity index (χ1v) is 10.6. The minimum atomic E-state index is -0.163. The molecule has 0 radical (unpaired) electrons. The van der Waals surface area contributed by atoms with Crippen molar-refractivity contribution in [2.24, 2.45) is 0 Å². The normalized spacial score (nSPS) is 22.2. The van der Waals surface area contributed by atoms with Gasteiger partial charge in [0.25, 0.3) is 0 Å². The lowest BCUT2D eigenvalue weighted by Gasteiger charge is -2.27. The summed E-state index contributed by atoms with van der Waals surface area (Å²) in [5.41, 5.74) is 1.62. The number of hydrogen-bond acceptors (Lipinski definition) is 8. The van der Waals surface area contributed by atoms with Gasteiger partial charge in [0.1, 0.15) is 11.6 Å². The fraction of sp³-hybridized carbons (Fsp3) is 0.476. The Morgan fingerprint density at radius 3 is 2.63 bits per heavy atom. The Hall–Kier alpha value is -2.91. The molecule has 5 rings (SSSR count). The van der Waals surface area contributed by atoms with Crippen molar-refractivity contribution in [1.29, 1.82) is 0 Å². The Morgan fingerprint density at radius 1 is 1.03 bits per heavy atom. The van der Waals surface area contributed by atoms with Gasteiger partial charge in [-0.25, -0.2) is 4.98 Å². The number of nitrogens with one attached hydrogen (secondary N) is 2. The van der Waals surface area contributed by atoms with E-state index in [0.717, 1.165) is 75.0 Å². The fourth-order valence-electron chi connectivity index (χ4n) is 4.07. The summed E-state index contributed by atoms with van der Waals surface area (Å²) in [6, 6.07) is 10.3. The summed E-state index contributed by atoms with van der Waals surface area (Å²) in [5.74, 6) is 2.40. The van der Waals surface area contributed by atoms with Crippen LogP contribution in [0.25, 0.3) is 5.65 Å². The number of hydrogen-bond donors (Lipinski definition) is 3. The molecule has 0 spiro atoms. The summed E-state index contributed by atoms with van der Waals surface area (Å²) in [4.78, 5) is 11.4. The van der Waals surface area contributed by atoms with Crippen LogP contribution in [0.3, 0.4) is 0 Å². The first kappa shape index (κ1) is 19.1. The molecule has 2 fully saturated rings. The van der Waals surface area contributed by atoms with Crippen molar-refractivity contribution in [3.8, 4) is 0 Å². The Morgan fingerprint density at radius 2 is 1.87 bits per heavy atom. The topological polar surface area (TPSA) is 99.8 Å². The molecule has 9 nitrogen and oxygen atoms in total. The third-order valence-electron chi connectivity index (χ3n) is 5.75. The highest BCUT2D eigenvalue weighted by atomic mass is 16.5. The maximum Gasteiger partial charge on any atom is 0.247 e. The van der Waals surface area contributed by atoms with Crippen molar-refractivity contribution < 1.29 is 9.84 Å². The smallest absolute Gasteiger partial charge is 0.247 e. The lowest BCUT2D eigenvalue weighted by molar-refractivity contribution is 0.122. The van der Waals surface area contributed by atoms with Gasteiger partial charge in [0, 0.05) is 19.1 Å². The maximum absolute atomic E-state index is 9.72. The van der Waals surface area contributed by atoms with Crippen molar-refractivity contribution in [3.05, 3.63) is 36.5 Å². The van der Waals surface area contributed by atoms with Gasteiger partial charge >= 0.3 is 0 Å². The monoisotopic (exact) mass is 409 g/mol. The zero-order valence-corrected chi connectivity index (χ0v) is 16.9. The van der Waals surface area contributed by atoms with Crippen LogP contribution in [0.1, 0.15) is 25.7 Å². The van der Waals surface area contributed by atoms with E-state index in [1.165, 1.54) is 0 Å². The van der Waals surface area contributed by atoms with Crippen molar-refractivity contribution in [3.63, 3.8) is 0 Å². The SMILES string of the molecule is OC1CCC(Nc2cccc3nc(Nc4ccc(N5CCOCC5)nc4)nn23)CC1. The molecule has 1 aliphatic carbocycles. The zero-order valence-electron chi connectivity index (χ0n) is 16.9. The summed E-state index contributed by atoms with van der Waals surface area (Å²) >= 11 is 0. The standard InChI is InChI=1S/C21H27N7O2/c29-17-7-4-15(5-8-17)23-19-2-1-3-20-25-21(26-28(19)20)24-16-6-9-18(22-14-16)27-10-12-30-13-11-27/h1-3,6,9,14-15,17,23,29H,4-5,7-8,10-13H2,(H,24,26). The Labute approximate surface area is 175 Å². The molecule has 9 heteroatoms. The highest BCUT2D eigenvalue weighted by Crippen LogP contribution is 2.23. The van der Waals surface area contributed by atoms with Crippen molar-refractivity contribution in [1.82, 2.24) is 19.6 Å². The number of aliphatic hydroxyl groups is 1. The first-order chi connectivity index (χ1) is 14.7. The van der Waals surface area contributed by atoms with E-state index < -0.39 is 0 Å². The number of rotatable bonds is 5. The summed E-state index contributed by atoms with van der Waals surface area (Å²) < 4.78 is 7.22. The second-order valence-corrected chi connectivity index (χ2v) is 7.90. The van der Waals surface area contributed by atoms with Crippen LogP contribution in [-0.2, 0) is 4.74 Å². The van der Waals surface area contributed by atoms with Crippen molar-refractivity contribution in [2.45, 2.75) is 37.8 Å². The molecule has 2 aliphatic rings. The quantitative estimate of drug-likeness (QED) is 0.591. The average Bonchev–Trinajstić information content (AvgIpc) is 3.20. The second kappa shape index (κ2) is 8.45.